The average Bonchev–Trinajstić information content (AvgIpc) is 3.02. The molecule has 0 saturated heterocycles. The van der Waals surface area contributed by atoms with Gasteiger partial charge < -0.3 is 5.73 Å². The van der Waals surface area contributed by atoms with E-state index in [4.69, 9.17) is 17.3 Å². The normalized spacial score (nSPS) is 11.1. The van der Waals surface area contributed by atoms with Gasteiger partial charge in [-0.05, 0) is 12.1 Å². The zero-order valence-electron chi connectivity index (χ0n) is 13.0. The largest absolute Gasteiger partial charge is 0.383 e. The monoisotopic (exact) mass is 413 g/mol. The summed E-state index contributed by atoms with van der Waals surface area (Å²) in [6, 6.07) is 15.4. The molecule has 0 aliphatic heterocycles. The number of halogens is 2. The molecule has 5 nitrogen and oxygen atoms in total. The van der Waals surface area contributed by atoms with Gasteiger partial charge in [0.25, 0.3) is 0 Å². The van der Waals surface area contributed by atoms with Gasteiger partial charge in [-0.2, -0.15) is 5.10 Å². The summed E-state index contributed by atoms with van der Waals surface area (Å²) in [5.74, 6) is 0.985. The lowest BCUT2D eigenvalue weighted by atomic mass is 10.2. The molecule has 0 unspecified atom stereocenters. The van der Waals surface area contributed by atoms with Crippen molar-refractivity contribution in [1.82, 2.24) is 19.7 Å². The molecule has 0 radical (unpaired) electrons. The fraction of sp³-hybridized carbons (Fsp3) is 0.0556. The predicted octanol–water partition coefficient (Wildman–Crippen LogP) is 4.54. The number of benzene rings is 2. The van der Waals surface area contributed by atoms with Crippen LogP contribution in [0.2, 0.25) is 5.02 Å². The van der Waals surface area contributed by atoms with Gasteiger partial charge >= 0.3 is 0 Å². The number of fused-ring (bicyclic) bond motifs is 1. The Labute approximate surface area is 157 Å². The van der Waals surface area contributed by atoms with Crippen molar-refractivity contribution in [3.63, 3.8) is 0 Å². The topological polar surface area (TPSA) is 69.6 Å². The van der Waals surface area contributed by atoms with Crippen LogP contribution in [-0.4, -0.2) is 19.7 Å². The third-order valence-electron chi connectivity index (χ3n) is 3.93. The Kier molecular flexibility index (Phi) is 4.15. The van der Waals surface area contributed by atoms with E-state index in [1.165, 1.54) is 0 Å². The maximum absolute atomic E-state index is 6.33. The number of hydrogen-bond donors (Lipinski definition) is 1. The summed E-state index contributed by atoms with van der Waals surface area (Å²) in [5, 5.41) is 5.82. The molecule has 4 aromatic rings. The summed E-state index contributed by atoms with van der Waals surface area (Å²) in [6.45, 7) is 0.481. The second-order valence-corrected chi connectivity index (χ2v) is 6.80. The first-order valence-electron chi connectivity index (χ1n) is 7.61. The van der Waals surface area contributed by atoms with Gasteiger partial charge in [-0.25, -0.2) is 14.6 Å². The van der Waals surface area contributed by atoms with Gasteiger partial charge in [0.15, 0.2) is 11.5 Å². The van der Waals surface area contributed by atoms with E-state index in [-0.39, 0.29) is 0 Å². The molecule has 2 aromatic heterocycles. The maximum atomic E-state index is 6.33. The molecule has 0 amide bonds. The third-order valence-corrected chi connectivity index (χ3v) is 5.02. The van der Waals surface area contributed by atoms with Gasteiger partial charge in [0.05, 0.1) is 18.1 Å². The van der Waals surface area contributed by atoms with Crippen LogP contribution in [0.15, 0.2) is 59.2 Å². The average molecular weight is 415 g/mol. The summed E-state index contributed by atoms with van der Waals surface area (Å²) < 4.78 is 2.71. The van der Waals surface area contributed by atoms with E-state index >= 15 is 0 Å². The highest BCUT2D eigenvalue weighted by Gasteiger charge is 2.14. The molecular formula is C18H13BrClN5. The predicted molar refractivity (Wildman–Crippen MR) is 103 cm³/mol. The minimum Gasteiger partial charge on any atom is -0.383 e. The van der Waals surface area contributed by atoms with Gasteiger partial charge in [0.2, 0.25) is 0 Å². The van der Waals surface area contributed by atoms with Crippen molar-refractivity contribution in [2.24, 2.45) is 0 Å². The van der Waals surface area contributed by atoms with E-state index in [2.05, 4.69) is 31.0 Å². The molecule has 0 bridgehead atoms. The van der Waals surface area contributed by atoms with Gasteiger partial charge in [-0.1, -0.05) is 63.9 Å². The minimum atomic E-state index is 0.410. The molecule has 4 rings (SSSR count). The van der Waals surface area contributed by atoms with Crippen LogP contribution in [0.3, 0.4) is 0 Å². The molecule has 124 valence electrons. The van der Waals surface area contributed by atoms with E-state index in [1.807, 2.05) is 48.5 Å². The first-order valence-corrected chi connectivity index (χ1v) is 8.78. The van der Waals surface area contributed by atoms with Crippen molar-refractivity contribution in [1.29, 1.82) is 0 Å². The zero-order valence-corrected chi connectivity index (χ0v) is 15.4. The zero-order chi connectivity index (χ0) is 17.4. The Hall–Kier alpha value is -2.44. The van der Waals surface area contributed by atoms with Crippen LogP contribution in [0.5, 0.6) is 0 Å². The molecule has 0 aliphatic carbocycles. The van der Waals surface area contributed by atoms with Gasteiger partial charge in [0.1, 0.15) is 5.82 Å². The molecule has 25 heavy (non-hydrogen) atoms. The minimum absolute atomic E-state index is 0.410. The van der Waals surface area contributed by atoms with E-state index in [0.29, 0.717) is 28.9 Å². The van der Waals surface area contributed by atoms with E-state index in [1.54, 1.807) is 10.9 Å². The van der Waals surface area contributed by atoms with Crippen LogP contribution < -0.4 is 5.73 Å². The summed E-state index contributed by atoms with van der Waals surface area (Å²) >= 11 is 9.87. The Bertz CT molecular complexity index is 1040. The van der Waals surface area contributed by atoms with Gasteiger partial charge in [-0.3, -0.25) is 0 Å². The number of aromatic nitrogens is 4. The smallest absolute Gasteiger partial charge is 0.164 e. The van der Waals surface area contributed by atoms with Crippen LogP contribution in [0.25, 0.3) is 22.4 Å². The summed E-state index contributed by atoms with van der Waals surface area (Å²) in [5.41, 5.74) is 8.64. The fourth-order valence-electron chi connectivity index (χ4n) is 2.64. The third kappa shape index (κ3) is 2.99. The highest BCUT2D eigenvalue weighted by Crippen LogP contribution is 2.28. The van der Waals surface area contributed by atoms with Crippen LogP contribution in [-0.2, 0) is 6.54 Å². The van der Waals surface area contributed by atoms with Crippen molar-refractivity contribution in [2.45, 2.75) is 6.54 Å². The number of rotatable bonds is 3. The molecular weight excluding hydrogens is 402 g/mol. The first-order chi connectivity index (χ1) is 12.1. The van der Waals surface area contributed by atoms with Crippen molar-refractivity contribution in [3.8, 4) is 11.4 Å². The van der Waals surface area contributed by atoms with Crippen LogP contribution >= 0.6 is 27.5 Å². The molecule has 0 fully saturated rings. The van der Waals surface area contributed by atoms with Gasteiger partial charge in [-0.15, -0.1) is 0 Å². The summed E-state index contributed by atoms with van der Waals surface area (Å²) in [4.78, 5) is 9.08. The number of anilines is 1. The molecule has 0 aliphatic rings. The molecule has 7 heteroatoms. The lowest BCUT2D eigenvalue weighted by Crippen LogP contribution is -2.05. The second-order valence-electron chi connectivity index (χ2n) is 5.54. The number of nitrogens with zero attached hydrogens (tertiary/aromatic N) is 4. The van der Waals surface area contributed by atoms with Crippen molar-refractivity contribution in [2.75, 3.05) is 5.73 Å². The molecule has 0 spiro atoms. The van der Waals surface area contributed by atoms with E-state index in [9.17, 15) is 0 Å². The fourth-order valence-corrected chi connectivity index (χ4v) is 3.48. The highest BCUT2D eigenvalue weighted by molar-refractivity contribution is 9.10. The lowest BCUT2D eigenvalue weighted by Gasteiger charge is -2.09. The Morgan fingerprint density at radius 3 is 2.60 bits per heavy atom. The number of hydrogen-bond acceptors (Lipinski definition) is 4. The van der Waals surface area contributed by atoms with Crippen LogP contribution in [0.1, 0.15) is 5.56 Å². The molecule has 2 aromatic carbocycles. The van der Waals surface area contributed by atoms with Gasteiger partial charge in [0, 0.05) is 20.6 Å². The Morgan fingerprint density at radius 2 is 1.84 bits per heavy atom. The second kappa shape index (κ2) is 6.46. The van der Waals surface area contributed by atoms with Crippen molar-refractivity contribution >= 4 is 44.4 Å². The van der Waals surface area contributed by atoms with Crippen LogP contribution in [0.4, 0.5) is 5.82 Å². The Morgan fingerprint density at radius 1 is 1.04 bits per heavy atom. The van der Waals surface area contributed by atoms with E-state index < -0.39 is 0 Å². The first kappa shape index (κ1) is 16.1. The van der Waals surface area contributed by atoms with Crippen molar-refractivity contribution < 1.29 is 0 Å². The molecule has 0 atom stereocenters. The van der Waals surface area contributed by atoms with Crippen LogP contribution in [0, 0.1) is 0 Å². The van der Waals surface area contributed by atoms with E-state index in [0.717, 1.165) is 21.0 Å². The molecule has 2 heterocycles. The summed E-state index contributed by atoms with van der Waals surface area (Å²) in [6.07, 6.45) is 1.68. The SMILES string of the molecule is Nc1nc(-c2ccccc2)nc2c1cnn2Cc1c(Cl)cccc1Br. The van der Waals surface area contributed by atoms with Crippen molar-refractivity contribution in [3.05, 3.63) is 69.8 Å². The summed E-state index contributed by atoms with van der Waals surface area (Å²) in [7, 11) is 0. The lowest BCUT2D eigenvalue weighted by molar-refractivity contribution is 0.702. The quantitative estimate of drug-likeness (QED) is 0.534. The Balaban J connectivity index is 1.84. The highest BCUT2D eigenvalue weighted by atomic mass is 79.9. The molecule has 2 N–H and O–H groups in total. The standard InChI is InChI=1S/C18H13BrClN5/c19-14-7-4-8-15(20)13(14)10-25-18-12(9-22-25)16(21)23-17(24-18)11-5-2-1-3-6-11/h1-9H,10H2,(H2,21,23,24). The maximum Gasteiger partial charge on any atom is 0.164 e. The number of nitrogen functional groups attached to an aromatic ring is 1. The molecule has 0 saturated carbocycles. The number of nitrogens with two attached hydrogens (primary N) is 1.